The van der Waals surface area contributed by atoms with E-state index in [4.69, 9.17) is 16.2 Å². The summed E-state index contributed by atoms with van der Waals surface area (Å²) in [5, 5.41) is 15.6. The predicted octanol–water partition coefficient (Wildman–Crippen LogP) is -0.456. The van der Waals surface area contributed by atoms with Crippen molar-refractivity contribution in [1.29, 1.82) is 0 Å². The van der Waals surface area contributed by atoms with Crippen LogP contribution in [0.15, 0.2) is 60.9 Å². The molecule has 314 valence electrons. The fraction of sp³-hybridized carbons (Fsp3) is 0.439. The topological polar surface area (TPSA) is 274 Å². The molecule has 0 bridgehead atoms. The number of aromatic nitrogens is 1. The Morgan fingerprint density at radius 1 is 0.915 bits per heavy atom. The normalized spacial score (nSPS) is 16.8. The summed E-state index contributed by atoms with van der Waals surface area (Å²) in [6, 6.07) is 11.3. The van der Waals surface area contributed by atoms with Crippen LogP contribution in [0.5, 0.6) is 0 Å². The smallest absolute Gasteiger partial charge is 0.250 e. The summed E-state index contributed by atoms with van der Waals surface area (Å²) in [6.45, 7) is 1.55. The second-order valence-corrected chi connectivity index (χ2v) is 14.8. The summed E-state index contributed by atoms with van der Waals surface area (Å²) in [4.78, 5) is 110. The number of rotatable bonds is 19. The zero-order chi connectivity index (χ0) is 42.5. The molecule has 3 aromatic rings. The second-order valence-electron chi connectivity index (χ2n) is 14.8. The highest BCUT2D eigenvalue weighted by Crippen LogP contribution is 2.27. The molecule has 2 aliphatic rings. The van der Waals surface area contributed by atoms with E-state index in [0.29, 0.717) is 37.1 Å². The molecular weight excluding hydrogens is 763 g/mol. The molecule has 3 heterocycles. The van der Waals surface area contributed by atoms with E-state index in [0.717, 1.165) is 21.2 Å². The van der Waals surface area contributed by atoms with Crippen LogP contribution in [0.2, 0.25) is 0 Å². The van der Waals surface area contributed by atoms with Gasteiger partial charge in [0.1, 0.15) is 30.2 Å². The zero-order valence-electron chi connectivity index (χ0n) is 32.9. The maximum Gasteiger partial charge on any atom is 0.250 e. The van der Waals surface area contributed by atoms with Gasteiger partial charge in [0, 0.05) is 64.8 Å². The number of carbonyl (C=O) groups excluding carboxylic acids is 8. The third-order valence-electron chi connectivity index (χ3n) is 10.4. The van der Waals surface area contributed by atoms with Crippen molar-refractivity contribution in [1.82, 2.24) is 31.6 Å². The number of hydrogen-bond acceptors (Lipinski definition) is 10. The predicted molar refractivity (Wildman–Crippen MR) is 215 cm³/mol. The molecule has 0 aliphatic carbocycles. The summed E-state index contributed by atoms with van der Waals surface area (Å²) in [5.41, 5.74) is 11.4. The highest BCUT2D eigenvalue weighted by Gasteiger charge is 2.43. The molecule has 1 aromatic heterocycles. The Bertz CT molecular complexity index is 2070. The van der Waals surface area contributed by atoms with Crippen LogP contribution in [0.25, 0.3) is 10.8 Å². The number of pyridine rings is 1. The molecule has 59 heavy (non-hydrogen) atoms. The van der Waals surface area contributed by atoms with Gasteiger partial charge in [-0.1, -0.05) is 42.5 Å². The van der Waals surface area contributed by atoms with Crippen LogP contribution in [-0.4, -0.2) is 102 Å². The molecule has 9 N–H and O–H groups in total. The highest BCUT2D eigenvalue weighted by molar-refractivity contribution is 6.06. The minimum Gasteiger partial charge on any atom is -0.381 e. The summed E-state index contributed by atoms with van der Waals surface area (Å²) < 4.78 is 5.53. The molecule has 1 saturated heterocycles. The number of primary amides is 2. The maximum atomic E-state index is 14.2. The number of aryl methyl sites for hydroxylation is 1. The number of fused-ring (bicyclic) bond motifs is 2. The van der Waals surface area contributed by atoms with Gasteiger partial charge in [-0.2, -0.15) is 0 Å². The Balaban J connectivity index is 1.30. The Kier molecular flexibility index (Phi) is 15.0. The van der Waals surface area contributed by atoms with Crippen molar-refractivity contribution in [2.24, 2.45) is 11.5 Å². The van der Waals surface area contributed by atoms with Crippen LogP contribution in [0.4, 0.5) is 5.69 Å². The number of ether oxygens (including phenoxy) is 1. The first-order chi connectivity index (χ1) is 28.2. The first-order valence-corrected chi connectivity index (χ1v) is 19.6. The van der Waals surface area contributed by atoms with E-state index in [-0.39, 0.29) is 57.1 Å². The second kappa shape index (κ2) is 20.3. The quantitative estimate of drug-likeness (QED) is 0.0766. The monoisotopic (exact) mass is 813 g/mol. The number of anilines is 1. The molecule has 3 atom stereocenters. The van der Waals surface area contributed by atoms with Crippen molar-refractivity contribution in [2.45, 2.75) is 88.4 Å². The van der Waals surface area contributed by atoms with E-state index in [1.807, 2.05) is 42.5 Å². The van der Waals surface area contributed by atoms with Crippen LogP contribution in [0.1, 0.15) is 63.0 Å². The maximum absolute atomic E-state index is 14.2. The van der Waals surface area contributed by atoms with Gasteiger partial charge < -0.3 is 47.7 Å². The van der Waals surface area contributed by atoms with Gasteiger partial charge in [0.15, 0.2) is 0 Å². The van der Waals surface area contributed by atoms with Crippen molar-refractivity contribution < 1.29 is 43.1 Å². The van der Waals surface area contributed by atoms with E-state index >= 15 is 0 Å². The van der Waals surface area contributed by atoms with Crippen molar-refractivity contribution in [3.8, 4) is 0 Å². The molecule has 5 rings (SSSR count). The first-order valence-electron chi connectivity index (χ1n) is 19.6. The van der Waals surface area contributed by atoms with E-state index in [2.05, 4.69) is 31.6 Å². The van der Waals surface area contributed by atoms with E-state index in [1.165, 1.54) is 25.4 Å². The van der Waals surface area contributed by atoms with Gasteiger partial charge in [0.05, 0.1) is 12.1 Å². The molecule has 0 radical (unpaired) electrons. The highest BCUT2D eigenvalue weighted by atomic mass is 16.5. The SMILES string of the molecule is CC(=O)NCCCC[C@H](NC(=O)C1(NC(=O)CCc2ccc3ccccc3c2)CCOCC1)C(=O)N[C@@H](CC(N)=O)C(=O)N[C@H]1Cc2cnccc2N(CC(N)=O)C1=O. The molecule has 8 amide bonds. The standard InChI is InChI=1S/C41H51N9O9/c1-25(51)45-16-5-4-8-30(48-40(58)41(14-18-59-19-15-41)49-36(54)12-10-26-9-11-27-6-2-3-7-28(27)20-26)37(55)46-31(22-34(42)52)38(56)47-32-21-29-23-44-17-13-33(29)50(39(32)57)24-35(43)53/h2-3,6-7,9,11,13,17,20,23,30-32H,4-5,8,10,12,14-16,18-19,21-22,24H2,1H3,(H2,42,52)(H2,43,53)(H,45,51)(H,46,55)(H,47,56)(H,48,58)(H,49,54)/t30-,31-,32-/m0/s1. The van der Waals surface area contributed by atoms with Crippen LogP contribution >= 0.6 is 0 Å². The van der Waals surface area contributed by atoms with Gasteiger partial charge >= 0.3 is 0 Å². The number of amides is 8. The average Bonchev–Trinajstić information content (AvgIpc) is 3.20. The minimum absolute atomic E-state index is 0.00694. The van der Waals surface area contributed by atoms with Gasteiger partial charge in [0.25, 0.3) is 0 Å². The molecule has 0 unspecified atom stereocenters. The van der Waals surface area contributed by atoms with Gasteiger partial charge in [-0.25, -0.2) is 0 Å². The summed E-state index contributed by atoms with van der Waals surface area (Å²) in [5.74, 6) is -5.36. The fourth-order valence-electron chi connectivity index (χ4n) is 7.25. The Morgan fingerprint density at radius 2 is 1.66 bits per heavy atom. The number of carbonyl (C=O) groups is 8. The minimum atomic E-state index is -1.57. The summed E-state index contributed by atoms with van der Waals surface area (Å²) in [7, 11) is 0. The molecule has 0 saturated carbocycles. The van der Waals surface area contributed by atoms with Crippen molar-refractivity contribution >= 4 is 63.7 Å². The Labute approximate surface area is 340 Å². The number of unbranched alkanes of at least 4 members (excludes halogenated alkanes) is 1. The largest absolute Gasteiger partial charge is 0.381 e. The van der Waals surface area contributed by atoms with Gasteiger partial charge in [-0.3, -0.25) is 43.3 Å². The third-order valence-corrected chi connectivity index (χ3v) is 10.4. The van der Waals surface area contributed by atoms with Gasteiger partial charge in [0.2, 0.25) is 47.3 Å². The Morgan fingerprint density at radius 3 is 2.37 bits per heavy atom. The Hall–Kier alpha value is -6.43. The fourth-order valence-corrected chi connectivity index (χ4v) is 7.25. The lowest BCUT2D eigenvalue weighted by Gasteiger charge is -2.37. The van der Waals surface area contributed by atoms with Crippen molar-refractivity contribution in [3.63, 3.8) is 0 Å². The van der Waals surface area contributed by atoms with E-state index in [1.54, 1.807) is 0 Å². The van der Waals surface area contributed by atoms with Crippen molar-refractivity contribution in [3.05, 3.63) is 72.1 Å². The molecule has 1 fully saturated rings. The molecule has 18 nitrogen and oxygen atoms in total. The molecular formula is C41H51N9O9. The lowest BCUT2D eigenvalue weighted by molar-refractivity contribution is -0.140. The number of nitrogens with one attached hydrogen (secondary N) is 5. The zero-order valence-corrected chi connectivity index (χ0v) is 32.9. The first kappa shape index (κ1) is 43.7. The van der Waals surface area contributed by atoms with E-state index < -0.39 is 72.1 Å². The average molecular weight is 814 g/mol. The van der Waals surface area contributed by atoms with Crippen LogP contribution in [0.3, 0.4) is 0 Å². The third kappa shape index (κ3) is 12.0. The van der Waals surface area contributed by atoms with Gasteiger partial charge in [-0.15, -0.1) is 0 Å². The van der Waals surface area contributed by atoms with Crippen LogP contribution in [0, 0.1) is 0 Å². The van der Waals surface area contributed by atoms with E-state index in [9.17, 15) is 38.4 Å². The summed E-state index contributed by atoms with van der Waals surface area (Å²) >= 11 is 0. The van der Waals surface area contributed by atoms with Crippen LogP contribution in [-0.2, 0) is 55.9 Å². The molecule has 2 aromatic carbocycles. The summed E-state index contributed by atoms with van der Waals surface area (Å²) in [6.07, 6.45) is 3.88. The van der Waals surface area contributed by atoms with Gasteiger partial charge in [-0.05, 0) is 53.6 Å². The molecule has 0 spiro atoms. The van der Waals surface area contributed by atoms with Crippen molar-refractivity contribution in [2.75, 3.05) is 31.2 Å². The number of hydrogen-bond donors (Lipinski definition) is 7. The van der Waals surface area contributed by atoms with Crippen LogP contribution < -0.4 is 43.0 Å². The molecule has 2 aliphatic heterocycles. The molecule has 18 heteroatoms. The number of nitrogens with two attached hydrogens (primary N) is 2. The number of nitrogens with zero attached hydrogens (tertiary/aromatic N) is 2. The lowest BCUT2D eigenvalue weighted by Crippen LogP contribution is -2.64. The lowest BCUT2D eigenvalue weighted by atomic mass is 9.87. The number of benzene rings is 2.